The molecule has 34 heavy (non-hydrogen) atoms. The smallest absolute Gasteiger partial charge is 0.326 e. The van der Waals surface area contributed by atoms with E-state index in [2.05, 4.69) is 11.9 Å². The van der Waals surface area contributed by atoms with Gasteiger partial charge in [-0.15, -0.1) is 11.3 Å². The van der Waals surface area contributed by atoms with Crippen LogP contribution in [0, 0.1) is 6.92 Å². The van der Waals surface area contributed by atoms with Crippen molar-refractivity contribution in [1.82, 2.24) is 9.97 Å². The number of thiazole rings is 1. The van der Waals surface area contributed by atoms with Crippen LogP contribution in [0.4, 0.5) is 5.69 Å². The molecule has 0 fully saturated rings. The molecule has 3 heterocycles. The molecular formula is C25H27N3O5S. The summed E-state index contributed by atoms with van der Waals surface area (Å²) in [5.74, 6) is -0.255. The van der Waals surface area contributed by atoms with Crippen LogP contribution in [0.2, 0.25) is 0 Å². The lowest BCUT2D eigenvalue weighted by atomic mass is 10.1. The summed E-state index contributed by atoms with van der Waals surface area (Å²) in [6, 6.07) is 11.2. The average Bonchev–Trinajstić information content (AvgIpc) is 3.25. The number of aromatic nitrogens is 2. The van der Waals surface area contributed by atoms with Gasteiger partial charge in [-0.25, -0.2) is 4.98 Å². The molecule has 1 aliphatic heterocycles. The van der Waals surface area contributed by atoms with Gasteiger partial charge in [0.15, 0.2) is 6.61 Å². The van der Waals surface area contributed by atoms with E-state index in [-0.39, 0.29) is 25.7 Å². The summed E-state index contributed by atoms with van der Waals surface area (Å²) in [7, 11) is 0. The normalized spacial score (nSPS) is 12.9. The van der Waals surface area contributed by atoms with Crippen LogP contribution >= 0.6 is 11.3 Å². The van der Waals surface area contributed by atoms with E-state index in [0.29, 0.717) is 24.7 Å². The zero-order valence-corrected chi connectivity index (χ0v) is 20.1. The summed E-state index contributed by atoms with van der Waals surface area (Å²) in [6.07, 6.45) is 3.75. The van der Waals surface area contributed by atoms with Gasteiger partial charge < -0.3 is 14.2 Å². The van der Waals surface area contributed by atoms with Crippen LogP contribution in [-0.2, 0) is 19.1 Å². The Bertz CT molecular complexity index is 1150. The number of aryl methyl sites for hydroxylation is 1. The SMILES string of the molecule is CCCCOCCOC(=O)CN1C(=O)COc2ccc(-c3nc(-c4ccccn4)sc3C)cc21. The van der Waals surface area contributed by atoms with Crippen molar-refractivity contribution in [2.24, 2.45) is 0 Å². The van der Waals surface area contributed by atoms with Gasteiger partial charge in [-0.3, -0.25) is 19.5 Å². The van der Waals surface area contributed by atoms with Crippen LogP contribution in [-0.4, -0.2) is 54.8 Å². The number of anilines is 1. The Kier molecular flexibility index (Phi) is 7.87. The Balaban J connectivity index is 1.50. The van der Waals surface area contributed by atoms with Crippen LogP contribution in [0.3, 0.4) is 0 Å². The summed E-state index contributed by atoms with van der Waals surface area (Å²) in [6.45, 7) is 4.90. The fourth-order valence-corrected chi connectivity index (χ4v) is 4.44. The van der Waals surface area contributed by atoms with Gasteiger partial charge in [0.1, 0.15) is 23.9 Å². The monoisotopic (exact) mass is 481 g/mol. The zero-order chi connectivity index (χ0) is 23.9. The second-order valence-corrected chi connectivity index (χ2v) is 8.98. The molecule has 0 N–H and O–H groups in total. The minimum atomic E-state index is -0.493. The predicted molar refractivity (Wildman–Crippen MR) is 130 cm³/mol. The zero-order valence-electron chi connectivity index (χ0n) is 19.3. The quantitative estimate of drug-likeness (QED) is 0.316. The molecule has 1 aromatic carbocycles. The van der Waals surface area contributed by atoms with Crippen molar-refractivity contribution in [2.75, 3.05) is 37.9 Å². The number of ether oxygens (including phenoxy) is 3. The number of unbranched alkanes of at least 4 members (excludes halogenated alkanes) is 1. The molecule has 1 aliphatic rings. The summed E-state index contributed by atoms with van der Waals surface area (Å²) < 4.78 is 16.3. The maximum atomic E-state index is 12.6. The van der Waals surface area contributed by atoms with Gasteiger partial charge >= 0.3 is 5.97 Å². The van der Waals surface area contributed by atoms with Crippen LogP contribution in [0.1, 0.15) is 24.6 Å². The minimum Gasteiger partial charge on any atom is -0.482 e. The van der Waals surface area contributed by atoms with Crippen molar-refractivity contribution in [2.45, 2.75) is 26.7 Å². The fourth-order valence-electron chi connectivity index (χ4n) is 3.52. The molecule has 0 spiro atoms. The Morgan fingerprint density at radius 3 is 2.88 bits per heavy atom. The number of nitrogens with zero attached hydrogens (tertiary/aromatic N) is 3. The largest absolute Gasteiger partial charge is 0.482 e. The van der Waals surface area contributed by atoms with Crippen molar-refractivity contribution >= 4 is 28.9 Å². The fraction of sp³-hybridized carbons (Fsp3) is 0.360. The molecule has 0 aliphatic carbocycles. The third kappa shape index (κ3) is 5.60. The highest BCUT2D eigenvalue weighted by molar-refractivity contribution is 7.15. The summed E-state index contributed by atoms with van der Waals surface area (Å²) in [4.78, 5) is 36.6. The third-order valence-corrected chi connectivity index (χ3v) is 6.27. The van der Waals surface area contributed by atoms with Gasteiger partial charge in [0.2, 0.25) is 0 Å². The molecule has 0 saturated heterocycles. The van der Waals surface area contributed by atoms with Crippen molar-refractivity contribution in [3.63, 3.8) is 0 Å². The molecule has 0 radical (unpaired) electrons. The average molecular weight is 482 g/mol. The first-order valence-electron chi connectivity index (χ1n) is 11.3. The van der Waals surface area contributed by atoms with E-state index >= 15 is 0 Å². The molecule has 3 aromatic rings. The molecule has 4 rings (SSSR count). The highest BCUT2D eigenvalue weighted by Crippen LogP contribution is 2.38. The third-order valence-electron chi connectivity index (χ3n) is 5.28. The van der Waals surface area contributed by atoms with Gasteiger partial charge in [-0.2, -0.15) is 0 Å². The number of fused-ring (bicyclic) bond motifs is 1. The molecule has 1 amide bonds. The Morgan fingerprint density at radius 2 is 2.09 bits per heavy atom. The van der Waals surface area contributed by atoms with E-state index in [4.69, 9.17) is 19.2 Å². The van der Waals surface area contributed by atoms with Gasteiger partial charge in [-0.1, -0.05) is 19.4 Å². The lowest BCUT2D eigenvalue weighted by Gasteiger charge is -2.29. The first-order chi connectivity index (χ1) is 16.6. The summed E-state index contributed by atoms with van der Waals surface area (Å²) in [5.41, 5.74) is 2.96. The Morgan fingerprint density at radius 1 is 1.21 bits per heavy atom. The molecular weight excluding hydrogens is 454 g/mol. The Labute approximate surface area is 202 Å². The lowest BCUT2D eigenvalue weighted by Crippen LogP contribution is -2.42. The number of hydrogen-bond acceptors (Lipinski definition) is 8. The first kappa shape index (κ1) is 23.8. The molecule has 0 bridgehead atoms. The van der Waals surface area contributed by atoms with Crippen molar-refractivity contribution in [1.29, 1.82) is 0 Å². The van der Waals surface area contributed by atoms with Crippen molar-refractivity contribution in [3.8, 4) is 27.7 Å². The molecule has 0 unspecified atom stereocenters. The second kappa shape index (κ2) is 11.2. The van der Waals surface area contributed by atoms with Crippen LogP contribution in [0.15, 0.2) is 42.6 Å². The van der Waals surface area contributed by atoms with E-state index in [0.717, 1.165) is 39.7 Å². The van der Waals surface area contributed by atoms with Crippen molar-refractivity contribution in [3.05, 3.63) is 47.5 Å². The molecule has 0 atom stereocenters. The maximum Gasteiger partial charge on any atom is 0.326 e. The molecule has 0 saturated carbocycles. The van der Waals surface area contributed by atoms with Gasteiger partial charge in [0.05, 0.1) is 23.7 Å². The van der Waals surface area contributed by atoms with Gasteiger partial charge in [0.25, 0.3) is 5.91 Å². The number of hydrogen-bond donors (Lipinski definition) is 0. The topological polar surface area (TPSA) is 90.9 Å². The van der Waals surface area contributed by atoms with Crippen LogP contribution in [0.25, 0.3) is 22.0 Å². The highest BCUT2D eigenvalue weighted by Gasteiger charge is 2.29. The van der Waals surface area contributed by atoms with Crippen molar-refractivity contribution < 1.29 is 23.8 Å². The number of carbonyl (C=O) groups is 2. The molecule has 9 heteroatoms. The minimum absolute atomic E-state index is 0.126. The predicted octanol–water partition coefficient (Wildman–Crippen LogP) is 4.27. The number of esters is 1. The number of benzene rings is 1. The Hall–Kier alpha value is -3.30. The van der Waals surface area contributed by atoms with E-state index in [1.807, 2.05) is 37.3 Å². The standard InChI is InChI=1S/C25H27N3O5S/c1-3-4-11-31-12-13-32-23(30)15-28-20-14-18(8-9-21(20)33-16-22(28)29)24-17(2)34-25(27-24)19-7-5-6-10-26-19/h5-10,14H,3-4,11-13,15-16H2,1-2H3. The number of rotatable bonds is 10. The first-order valence-corrected chi connectivity index (χ1v) is 12.1. The van der Waals surface area contributed by atoms with E-state index in [1.165, 1.54) is 4.90 Å². The lowest BCUT2D eigenvalue weighted by molar-refractivity contribution is -0.144. The number of carbonyl (C=O) groups excluding carboxylic acids is 2. The maximum absolute atomic E-state index is 12.6. The highest BCUT2D eigenvalue weighted by atomic mass is 32.1. The second-order valence-electron chi connectivity index (χ2n) is 7.78. The van der Waals surface area contributed by atoms with E-state index in [1.54, 1.807) is 23.6 Å². The number of pyridine rings is 1. The van der Waals surface area contributed by atoms with Crippen LogP contribution < -0.4 is 9.64 Å². The summed E-state index contributed by atoms with van der Waals surface area (Å²) >= 11 is 1.56. The van der Waals surface area contributed by atoms with Gasteiger partial charge in [-0.05, 0) is 43.7 Å². The van der Waals surface area contributed by atoms with Crippen LogP contribution in [0.5, 0.6) is 5.75 Å². The molecule has 8 nitrogen and oxygen atoms in total. The molecule has 2 aromatic heterocycles. The van der Waals surface area contributed by atoms with E-state index in [9.17, 15) is 9.59 Å². The van der Waals surface area contributed by atoms with E-state index < -0.39 is 5.97 Å². The molecule has 178 valence electrons. The number of amides is 1. The van der Waals surface area contributed by atoms with Gasteiger partial charge in [0, 0.05) is 23.2 Å². The summed E-state index contributed by atoms with van der Waals surface area (Å²) in [5, 5.41) is 0.819.